The van der Waals surface area contributed by atoms with Crippen molar-refractivity contribution in [2.75, 3.05) is 12.4 Å². The Kier molecular flexibility index (Phi) is 5.57. The third-order valence-electron chi connectivity index (χ3n) is 5.23. The van der Waals surface area contributed by atoms with E-state index >= 15 is 0 Å². The zero-order chi connectivity index (χ0) is 19.5. The predicted molar refractivity (Wildman–Crippen MR) is 108 cm³/mol. The number of carbonyl (C=O) groups is 3. The molecule has 146 valence electrons. The molecule has 2 aliphatic heterocycles. The fraction of sp³-hybridized carbons (Fsp3) is 0.450. The molecule has 28 heavy (non-hydrogen) atoms. The van der Waals surface area contributed by atoms with Crippen LogP contribution in [-0.2, 0) is 4.79 Å². The van der Waals surface area contributed by atoms with E-state index in [1.807, 2.05) is 0 Å². The molecule has 0 N–H and O–H groups in total. The summed E-state index contributed by atoms with van der Waals surface area (Å²) in [5, 5.41) is 9.18. The number of carbonyl (C=O) groups excluding carboxylic acids is 3. The van der Waals surface area contributed by atoms with E-state index in [0.29, 0.717) is 16.3 Å². The number of thioether (sulfide) groups is 1. The van der Waals surface area contributed by atoms with Crippen LogP contribution < -0.4 is 0 Å². The number of amidine groups is 1. The molecule has 0 spiro atoms. The maximum atomic E-state index is 12.6. The molecule has 0 radical (unpaired) electrons. The fourth-order valence-corrected chi connectivity index (χ4v) is 4.47. The summed E-state index contributed by atoms with van der Waals surface area (Å²) in [6.45, 7) is -0.123. The van der Waals surface area contributed by atoms with E-state index in [0.717, 1.165) is 36.3 Å². The first-order valence-corrected chi connectivity index (χ1v) is 10.7. The Morgan fingerprint density at radius 2 is 1.43 bits per heavy atom. The van der Waals surface area contributed by atoms with Crippen molar-refractivity contribution in [3.05, 3.63) is 35.4 Å². The van der Waals surface area contributed by atoms with Gasteiger partial charge in [0.05, 0.1) is 16.9 Å². The molecule has 0 unspecified atom stereocenters. The van der Waals surface area contributed by atoms with Crippen molar-refractivity contribution in [1.29, 1.82) is 0 Å². The summed E-state index contributed by atoms with van der Waals surface area (Å²) in [6, 6.07) is 6.71. The van der Waals surface area contributed by atoms with Crippen LogP contribution in [0.15, 0.2) is 34.5 Å². The highest BCUT2D eigenvalue weighted by Gasteiger charge is 2.39. The van der Waals surface area contributed by atoms with Crippen LogP contribution in [0.3, 0.4) is 0 Å². The van der Waals surface area contributed by atoms with E-state index in [4.69, 9.17) is 0 Å². The fourth-order valence-electron chi connectivity index (χ4n) is 3.65. The van der Waals surface area contributed by atoms with E-state index in [1.54, 1.807) is 24.3 Å². The van der Waals surface area contributed by atoms with Gasteiger partial charge in [-0.1, -0.05) is 43.2 Å². The van der Waals surface area contributed by atoms with E-state index in [9.17, 15) is 14.4 Å². The summed E-state index contributed by atoms with van der Waals surface area (Å²) in [7, 11) is 0. The molecule has 0 aromatic heterocycles. The van der Waals surface area contributed by atoms with Crippen LogP contribution in [0.2, 0.25) is 0 Å². The van der Waals surface area contributed by atoms with Gasteiger partial charge in [-0.15, -0.1) is 5.10 Å². The number of fused-ring (bicyclic) bond motifs is 1. The van der Waals surface area contributed by atoms with Gasteiger partial charge in [0, 0.05) is 5.71 Å². The van der Waals surface area contributed by atoms with Crippen LogP contribution >= 0.6 is 11.8 Å². The largest absolute Gasteiger partial charge is 0.273 e. The Morgan fingerprint density at radius 3 is 2.07 bits per heavy atom. The highest BCUT2D eigenvalue weighted by atomic mass is 32.2. The Bertz CT molecular complexity index is 835. The number of hydrogen-bond acceptors (Lipinski definition) is 6. The van der Waals surface area contributed by atoms with Crippen LogP contribution in [0.4, 0.5) is 0 Å². The minimum atomic E-state index is -0.379. The molecule has 0 bridgehead atoms. The lowest BCUT2D eigenvalue weighted by Gasteiger charge is -2.21. The second kappa shape index (κ2) is 8.26. The van der Waals surface area contributed by atoms with E-state index in [1.165, 1.54) is 35.9 Å². The van der Waals surface area contributed by atoms with Crippen molar-refractivity contribution >= 4 is 40.4 Å². The molecule has 1 saturated heterocycles. The first-order chi connectivity index (χ1) is 13.6. The number of hydrogen-bond donors (Lipinski definition) is 0. The molecule has 0 atom stereocenters. The number of nitrogens with zero attached hydrogens (tertiary/aromatic N) is 4. The van der Waals surface area contributed by atoms with Gasteiger partial charge in [0.15, 0.2) is 5.17 Å². The van der Waals surface area contributed by atoms with E-state index < -0.39 is 0 Å². The normalized spacial score (nSPS) is 21.9. The minimum absolute atomic E-state index is 0.123. The highest BCUT2D eigenvalue weighted by molar-refractivity contribution is 8.15. The first-order valence-electron chi connectivity index (χ1n) is 9.67. The molecule has 1 aliphatic carbocycles. The van der Waals surface area contributed by atoms with Gasteiger partial charge in [0.25, 0.3) is 11.8 Å². The second-order valence-electron chi connectivity index (χ2n) is 7.15. The molecular formula is C20H22N4O3S. The zero-order valence-electron chi connectivity index (χ0n) is 15.6. The van der Waals surface area contributed by atoms with E-state index in [2.05, 4.69) is 10.2 Å². The van der Waals surface area contributed by atoms with Crippen LogP contribution in [0.25, 0.3) is 0 Å². The molecule has 1 saturated carbocycles. The van der Waals surface area contributed by atoms with Gasteiger partial charge in [-0.3, -0.25) is 24.2 Å². The average molecular weight is 398 g/mol. The molecule has 3 aliphatic rings. The topological polar surface area (TPSA) is 82.4 Å². The van der Waals surface area contributed by atoms with Gasteiger partial charge in [-0.25, -0.2) is 0 Å². The zero-order valence-corrected chi connectivity index (χ0v) is 16.4. The average Bonchev–Trinajstić information content (AvgIpc) is 3.14. The van der Waals surface area contributed by atoms with Crippen molar-refractivity contribution in [2.45, 2.75) is 44.9 Å². The molecule has 1 aromatic rings. The molecule has 2 fully saturated rings. The van der Waals surface area contributed by atoms with Crippen molar-refractivity contribution in [3.8, 4) is 0 Å². The van der Waals surface area contributed by atoms with Crippen LogP contribution in [0.5, 0.6) is 0 Å². The number of benzene rings is 1. The lowest BCUT2D eigenvalue weighted by atomic mass is 9.99. The summed E-state index contributed by atoms with van der Waals surface area (Å²) in [4.78, 5) is 40.0. The molecule has 7 nitrogen and oxygen atoms in total. The summed E-state index contributed by atoms with van der Waals surface area (Å²) < 4.78 is 0. The summed E-state index contributed by atoms with van der Waals surface area (Å²) >= 11 is 1.30. The SMILES string of the molecule is O=C1c2ccccc2C(=O)N1CN1C(=O)CS/C1=N\N=C1CCCCCCC1. The van der Waals surface area contributed by atoms with Crippen molar-refractivity contribution in [1.82, 2.24) is 9.80 Å². The van der Waals surface area contributed by atoms with Crippen LogP contribution in [-0.4, -0.2) is 50.8 Å². The smallest absolute Gasteiger partial charge is 0.263 e. The summed E-state index contributed by atoms with van der Waals surface area (Å²) in [5.74, 6) is -0.683. The minimum Gasteiger partial charge on any atom is -0.273 e. The molecule has 1 aromatic carbocycles. The Hall–Kier alpha value is -2.48. The van der Waals surface area contributed by atoms with Gasteiger partial charge in [0.2, 0.25) is 5.91 Å². The van der Waals surface area contributed by atoms with Crippen LogP contribution in [0, 0.1) is 0 Å². The first kappa shape index (κ1) is 18.9. The quantitative estimate of drug-likeness (QED) is 0.578. The maximum absolute atomic E-state index is 12.6. The highest BCUT2D eigenvalue weighted by Crippen LogP contribution is 2.26. The van der Waals surface area contributed by atoms with Crippen molar-refractivity contribution in [2.24, 2.45) is 10.2 Å². The van der Waals surface area contributed by atoms with Crippen LogP contribution in [0.1, 0.15) is 65.7 Å². The van der Waals surface area contributed by atoms with Gasteiger partial charge >= 0.3 is 0 Å². The molecule has 4 rings (SSSR count). The van der Waals surface area contributed by atoms with Gasteiger partial charge in [-0.05, 0) is 37.8 Å². The lowest BCUT2D eigenvalue weighted by Crippen LogP contribution is -2.43. The molecular weight excluding hydrogens is 376 g/mol. The van der Waals surface area contributed by atoms with Gasteiger partial charge in [0.1, 0.15) is 6.67 Å². The second-order valence-corrected chi connectivity index (χ2v) is 8.09. The van der Waals surface area contributed by atoms with Gasteiger partial charge < -0.3 is 0 Å². The summed E-state index contributed by atoms with van der Waals surface area (Å²) in [6.07, 6.45) is 7.83. The number of imide groups is 1. The number of amides is 3. The summed E-state index contributed by atoms with van der Waals surface area (Å²) in [5.41, 5.74) is 1.81. The van der Waals surface area contributed by atoms with Gasteiger partial charge in [-0.2, -0.15) is 5.10 Å². The van der Waals surface area contributed by atoms with Crippen molar-refractivity contribution < 1.29 is 14.4 Å². The molecule has 8 heteroatoms. The Balaban J connectivity index is 1.51. The maximum Gasteiger partial charge on any atom is 0.263 e. The molecule has 2 heterocycles. The van der Waals surface area contributed by atoms with E-state index in [-0.39, 0.29) is 30.1 Å². The molecule has 3 amide bonds. The monoisotopic (exact) mass is 398 g/mol. The third kappa shape index (κ3) is 3.73. The Labute approximate surface area is 167 Å². The standard InChI is InChI=1S/C20H22N4O3S/c25-17-12-28-20(22-21-14-8-4-2-1-3-5-9-14)23(17)13-24-18(26)15-10-6-7-11-16(15)19(24)27/h6-7,10-11H,1-5,8-9,12-13H2/b22-20-. The predicted octanol–water partition coefficient (Wildman–Crippen LogP) is 3.27. The van der Waals surface area contributed by atoms with Crippen molar-refractivity contribution in [3.63, 3.8) is 0 Å². The lowest BCUT2D eigenvalue weighted by molar-refractivity contribution is -0.124. The number of rotatable bonds is 3. The third-order valence-corrected chi connectivity index (χ3v) is 6.18. The Morgan fingerprint density at radius 1 is 0.821 bits per heavy atom.